The molecule has 0 saturated heterocycles. The second-order valence-corrected chi connectivity index (χ2v) is 5.88. The van der Waals surface area contributed by atoms with Crippen molar-refractivity contribution in [3.05, 3.63) is 0 Å². The van der Waals surface area contributed by atoms with E-state index in [1.807, 2.05) is 0 Å². The molecule has 0 spiro atoms. The van der Waals surface area contributed by atoms with Crippen molar-refractivity contribution in [3.63, 3.8) is 0 Å². The summed E-state index contributed by atoms with van der Waals surface area (Å²) >= 11 is 1.28. The fourth-order valence-corrected chi connectivity index (χ4v) is 2.32. The average Bonchev–Trinajstić information content (AvgIpc) is 3.11. The molecule has 1 aliphatic rings. The third-order valence-electron chi connectivity index (χ3n) is 2.76. The van der Waals surface area contributed by atoms with Gasteiger partial charge in [-0.15, -0.1) is 0 Å². The summed E-state index contributed by atoms with van der Waals surface area (Å²) in [6, 6.07) is 0.293. The molecule has 1 atom stereocenters. The van der Waals surface area contributed by atoms with Gasteiger partial charge >= 0.3 is 5.97 Å². The maximum absolute atomic E-state index is 11.7. The Morgan fingerprint density at radius 1 is 1.42 bits per heavy atom. The van der Waals surface area contributed by atoms with Crippen molar-refractivity contribution in [2.24, 2.45) is 5.92 Å². The standard InChI is InChI=1S/C12H20N2O4S/c1-8(12(17)18)6-19-7-11(16)14(2)5-10(15)13-9-3-4-9/h8-9H,3-7H2,1-2H3,(H,13,15)(H,17,18). The first-order chi connectivity index (χ1) is 8.90. The maximum atomic E-state index is 11.7. The number of amides is 2. The van der Waals surface area contributed by atoms with Crippen LogP contribution in [0.3, 0.4) is 0 Å². The van der Waals surface area contributed by atoms with Crippen LogP contribution in [-0.4, -0.2) is 58.9 Å². The van der Waals surface area contributed by atoms with Crippen molar-refractivity contribution in [2.45, 2.75) is 25.8 Å². The van der Waals surface area contributed by atoms with Crippen LogP contribution in [0.5, 0.6) is 0 Å². The van der Waals surface area contributed by atoms with Gasteiger partial charge in [0.25, 0.3) is 0 Å². The SMILES string of the molecule is CC(CSCC(=O)N(C)CC(=O)NC1CC1)C(=O)O. The fraction of sp³-hybridized carbons (Fsp3) is 0.750. The van der Waals surface area contributed by atoms with E-state index < -0.39 is 11.9 Å². The quantitative estimate of drug-likeness (QED) is 0.665. The summed E-state index contributed by atoms with van der Waals surface area (Å²) in [4.78, 5) is 35.2. The Morgan fingerprint density at radius 3 is 2.58 bits per heavy atom. The number of carbonyl (C=O) groups is 3. The van der Waals surface area contributed by atoms with Crippen LogP contribution in [0, 0.1) is 5.92 Å². The summed E-state index contributed by atoms with van der Waals surface area (Å²) in [5.41, 5.74) is 0. The number of carbonyl (C=O) groups excluding carboxylic acids is 2. The Morgan fingerprint density at radius 2 is 2.05 bits per heavy atom. The first-order valence-corrected chi connectivity index (χ1v) is 7.39. The Labute approximate surface area is 116 Å². The minimum absolute atomic E-state index is 0.0599. The number of carboxylic acids is 1. The van der Waals surface area contributed by atoms with Gasteiger partial charge in [-0.25, -0.2) is 0 Å². The number of carboxylic acid groups (broad SMARTS) is 1. The van der Waals surface area contributed by atoms with Gasteiger partial charge in [0.2, 0.25) is 11.8 Å². The van der Waals surface area contributed by atoms with E-state index in [-0.39, 0.29) is 24.1 Å². The Balaban J connectivity index is 2.16. The molecule has 1 aliphatic carbocycles. The topological polar surface area (TPSA) is 86.7 Å². The van der Waals surface area contributed by atoms with Crippen molar-refractivity contribution in [1.82, 2.24) is 10.2 Å². The predicted molar refractivity (Wildman–Crippen MR) is 72.9 cm³/mol. The summed E-state index contributed by atoms with van der Waals surface area (Å²) in [7, 11) is 1.58. The number of nitrogens with one attached hydrogen (secondary N) is 1. The van der Waals surface area contributed by atoms with Crippen molar-refractivity contribution in [3.8, 4) is 0 Å². The molecule has 0 aliphatic heterocycles. The van der Waals surface area contributed by atoms with Gasteiger partial charge in [0.05, 0.1) is 18.2 Å². The molecule has 0 aromatic carbocycles. The Kier molecular flexibility index (Phi) is 6.14. The molecule has 2 amide bonds. The highest BCUT2D eigenvalue weighted by atomic mass is 32.2. The molecule has 19 heavy (non-hydrogen) atoms. The van der Waals surface area contributed by atoms with E-state index in [0.29, 0.717) is 11.8 Å². The van der Waals surface area contributed by atoms with Crippen molar-refractivity contribution >= 4 is 29.5 Å². The molecule has 1 saturated carbocycles. The van der Waals surface area contributed by atoms with Crippen molar-refractivity contribution in [2.75, 3.05) is 25.1 Å². The Bertz CT molecular complexity index is 358. The lowest BCUT2D eigenvalue weighted by Gasteiger charge is -2.16. The van der Waals surface area contributed by atoms with Gasteiger partial charge in [-0.1, -0.05) is 6.92 Å². The van der Waals surface area contributed by atoms with Crippen LogP contribution in [0.25, 0.3) is 0 Å². The van der Waals surface area contributed by atoms with Crippen LogP contribution in [-0.2, 0) is 14.4 Å². The van der Waals surface area contributed by atoms with Gasteiger partial charge in [0.1, 0.15) is 0 Å². The predicted octanol–water partition coefficient (Wildman–Crippen LogP) is 0.177. The van der Waals surface area contributed by atoms with E-state index in [2.05, 4.69) is 5.32 Å². The van der Waals surface area contributed by atoms with E-state index in [1.165, 1.54) is 16.7 Å². The third kappa shape index (κ3) is 6.47. The lowest BCUT2D eigenvalue weighted by Crippen LogP contribution is -2.39. The summed E-state index contributed by atoms with van der Waals surface area (Å²) in [6.45, 7) is 1.66. The van der Waals surface area contributed by atoms with Gasteiger partial charge in [0, 0.05) is 18.8 Å². The molecular formula is C12H20N2O4S. The summed E-state index contributed by atoms with van der Waals surface area (Å²) < 4.78 is 0. The minimum Gasteiger partial charge on any atom is -0.481 e. The second-order valence-electron chi connectivity index (χ2n) is 4.85. The van der Waals surface area contributed by atoms with Crippen molar-refractivity contribution in [1.29, 1.82) is 0 Å². The zero-order chi connectivity index (χ0) is 14.4. The molecule has 0 radical (unpaired) electrons. The second kappa shape index (κ2) is 7.37. The highest BCUT2D eigenvalue weighted by Crippen LogP contribution is 2.18. The van der Waals surface area contributed by atoms with Crippen LogP contribution in [0.15, 0.2) is 0 Å². The molecule has 0 aromatic rings. The van der Waals surface area contributed by atoms with Gasteiger partial charge < -0.3 is 15.3 Å². The molecular weight excluding hydrogens is 268 g/mol. The average molecular weight is 288 g/mol. The van der Waals surface area contributed by atoms with Crippen LogP contribution in [0.2, 0.25) is 0 Å². The number of hydrogen-bond acceptors (Lipinski definition) is 4. The monoisotopic (exact) mass is 288 g/mol. The van der Waals surface area contributed by atoms with E-state index in [1.54, 1.807) is 14.0 Å². The number of rotatable bonds is 8. The smallest absolute Gasteiger partial charge is 0.307 e. The van der Waals surface area contributed by atoms with E-state index in [4.69, 9.17) is 5.11 Å². The van der Waals surface area contributed by atoms with E-state index in [0.717, 1.165) is 12.8 Å². The molecule has 108 valence electrons. The van der Waals surface area contributed by atoms with Crippen LogP contribution >= 0.6 is 11.8 Å². The van der Waals surface area contributed by atoms with Crippen LogP contribution < -0.4 is 5.32 Å². The van der Waals surface area contributed by atoms with Gasteiger partial charge in [0.15, 0.2) is 0 Å². The number of aliphatic carboxylic acids is 1. The normalized spacial score (nSPS) is 15.7. The number of nitrogens with zero attached hydrogens (tertiary/aromatic N) is 1. The van der Waals surface area contributed by atoms with E-state index in [9.17, 15) is 14.4 Å². The minimum atomic E-state index is -0.864. The first-order valence-electron chi connectivity index (χ1n) is 6.24. The molecule has 0 aromatic heterocycles. The van der Waals surface area contributed by atoms with Crippen molar-refractivity contribution < 1.29 is 19.5 Å². The molecule has 1 unspecified atom stereocenters. The summed E-state index contributed by atoms with van der Waals surface area (Å²) in [5, 5.41) is 11.5. The Hall–Kier alpha value is -1.24. The molecule has 0 heterocycles. The molecule has 1 rings (SSSR count). The summed E-state index contributed by atoms with van der Waals surface area (Å²) in [6.07, 6.45) is 2.04. The van der Waals surface area contributed by atoms with Gasteiger partial charge in [-0.05, 0) is 12.8 Å². The fourth-order valence-electron chi connectivity index (χ4n) is 1.31. The van der Waals surface area contributed by atoms with Crippen LogP contribution in [0.1, 0.15) is 19.8 Å². The zero-order valence-electron chi connectivity index (χ0n) is 11.2. The number of hydrogen-bond donors (Lipinski definition) is 2. The first kappa shape index (κ1) is 15.8. The molecule has 0 bridgehead atoms. The lowest BCUT2D eigenvalue weighted by atomic mass is 10.2. The molecule has 1 fully saturated rings. The molecule has 7 heteroatoms. The third-order valence-corrected chi connectivity index (χ3v) is 3.95. The van der Waals surface area contributed by atoms with E-state index >= 15 is 0 Å². The van der Waals surface area contributed by atoms with Crippen LogP contribution in [0.4, 0.5) is 0 Å². The van der Waals surface area contributed by atoms with Gasteiger partial charge in [-0.3, -0.25) is 14.4 Å². The molecule has 2 N–H and O–H groups in total. The maximum Gasteiger partial charge on any atom is 0.307 e. The number of likely N-dealkylation sites (N-methyl/N-ethyl adjacent to an activating group) is 1. The zero-order valence-corrected chi connectivity index (χ0v) is 12.0. The molecule has 6 nitrogen and oxygen atoms in total. The summed E-state index contributed by atoms with van der Waals surface area (Å²) in [5.74, 6) is -1.04. The highest BCUT2D eigenvalue weighted by molar-refractivity contribution is 7.99. The largest absolute Gasteiger partial charge is 0.481 e. The van der Waals surface area contributed by atoms with Gasteiger partial charge in [-0.2, -0.15) is 11.8 Å². The number of thioether (sulfide) groups is 1. The highest BCUT2D eigenvalue weighted by Gasteiger charge is 2.24. The lowest BCUT2D eigenvalue weighted by molar-refractivity contribution is -0.140.